The van der Waals surface area contributed by atoms with E-state index in [0.29, 0.717) is 19.3 Å². The van der Waals surface area contributed by atoms with Crippen molar-refractivity contribution in [2.45, 2.75) is 82.0 Å². The van der Waals surface area contributed by atoms with Gasteiger partial charge in [-0.05, 0) is 54.9 Å². The molecule has 1 aliphatic heterocycles. The summed E-state index contributed by atoms with van der Waals surface area (Å²) in [6.07, 6.45) is 1.47. The van der Waals surface area contributed by atoms with Crippen LogP contribution in [-0.4, -0.2) is 94.7 Å². The second-order valence-electron chi connectivity index (χ2n) is 12.0. The third kappa shape index (κ3) is 12.6. The summed E-state index contributed by atoms with van der Waals surface area (Å²) in [4.78, 5) is 88.8. The number of carbonyl (C=O) groups excluding carboxylic acids is 6. The highest BCUT2D eigenvalue weighted by molar-refractivity contribution is 6.27. The van der Waals surface area contributed by atoms with E-state index < -0.39 is 65.7 Å². The van der Waals surface area contributed by atoms with Gasteiger partial charge in [-0.15, -0.1) is 11.6 Å². The second-order valence-corrected chi connectivity index (χ2v) is 12.2. The van der Waals surface area contributed by atoms with Crippen molar-refractivity contribution in [2.24, 2.45) is 11.5 Å². The lowest BCUT2D eigenvalue weighted by atomic mass is 9.97. The highest BCUT2D eigenvalue weighted by Crippen LogP contribution is 2.21. The van der Waals surface area contributed by atoms with Gasteiger partial charge in [-0.2, -0.15) is 0 Å². The Hall–Kier alpha value is -4.92. The number of urea groups is 1. The Morgan fingerprint density at radius 1 is 0.918 bits per heavy atom. The summed E-state index contributed by atoms with van der Waals surface area (Å²) in [5.74, 6) is -4.52. The van der Waals surface area contributed by atoms with Gasteiger partial charge in [0.1, 0.15) is 24.0 Å². The summed E-state index contributed by atoms with van der Waals surface area (Å²) in [6, 6.07) is 8.52. The van der Waals surface area contributed by atoms with E-state index in [1.807, 2.05) is 42.5 Å². The van der Waals surface area contributed by atoms with Crippen molar-refractivity contribution in [1.82, 2.24) is 26.2 Å². The molecule has 0 bridgehead atoms. The fourth-order valence-corrected chi connectivity index (χ4v) is 5.85. The second kappa shape index (κ2) is 19.2. The number of nitrogens with zero attached hydrogens (tertiary/aromatic N) is 1. The molecule has 4 atom stereocenters. The zero-order valence-corrected chi connectivity index (χ0v) is 27.9. The zero-order valence-electron chi connectivity index (χ0n) is 27.1. The molecule has 16 heteroatoms. The smallest absolute Gasteiger partial charge is 0.312 e. The number of carbonyl (C=O) groups is 7. The maximum atomic E-state index is 13.9. The Kier molecular flexibility index (Phi) is 15.1. The lowest BCUT2D eigenvalue weighted by Gasteiger charge is -2.36. The molecular formula is C33H44ClN7O8. The minimum atomic E-state index is -1.16. The van der Waals surface area contributed by atoms with E-state index in [1.165, 1.54) is 4.90 Å². The van der Waals surface area contributed by atoms with E-state index in [2.05, 4.69) is 21.3 Å². The molecule has 2 aromatic rings. The van der Waals surface area contributed by atoms with Gasteiger partial charge in [0.15, 0.2) is 0 Å². The van der Waals surface area contributed by atoms with Gasteiger partial charge in [0.2, 0.25) is 29.5 Å². The first kappa shape index (κ1) is 38.5. The molecule has 0 spiro atoms. The first-order chi connectivity index (χ1) is 23.4. The van der Waals surface area contributed by atoms with Gasteiger partial charge < -0.3 is 42.7 Å². The predicted molar refractivity (Wildman–Crippen MR) is 181 cm³/mol. The quantitative estimate of drug-likeness (QED) is 0.0857. The minimum Gasteiger partial charge on any atom is -0.481 e. The predicted octanol–water partition coefficient (Wildman–Crippen LogP) is 0.645. The van der Waals surface area contributed by atoms with Crippen LogP contribution in [0.25, 0.3) is 10.8 Å². The molecule has 2 aromatic carbocycles. The molecule has 15 nitrogen and oxygen atoms in total. The number of likely N-dealkylation sites (tertiary alicyclic amines) is 1. The van der Waals surface area contributed by atoms with Gasteiger partial charge in [0.05, 0.1) is 0 Å². The lowest BCUT2D eigenvalue weighted by molar-refractivity contribution is -0.144. The molecule has 1 aliphatic rings. The first-order valence-corrected chi connectivity index (χ1v) is 16.7. The minimum absolute atomic E-state index is 0.0119. The molecule has 0 saturated carbocycles. The Balaban J connectivity index is 1.81. The van der Waals surface area contributed by atoms with Crippen LogP contribution in [0.2, 0.25) is 0 Å². The van der Waals surface area contributed by atoms with Crippen LogP contribution < -0.4 is 32.7 Å². The normalized spacial score (nSPS) is 16.1. The molecule has 0 radical (unpaired) electrons. The van der Waals surface area contributed by atoms with Gasteiger partial charge in [-0.25, -0.2) is 4.79 Å². The first-order valence-electron chi connectivity index (χ1n) is 16.2. The number of hydrogen-bond donors (Lipinski definition) is 7. The van der Waals surface area contributed by atoms with Crippen LogP contribution in [-0.2, 0) is 35.2 Å². The van der Waals surface area contributed by atoms with Crippen molar-refractivity contribution in [3.63, 3.8) is 0 Å². The zero-order chi connectivity index (χ0) is 35.9. The largest absolute Gasteiger partial charge is 0.481 e. The Labute approximate surface area is 288 Å². The van der Waals surface area contributed by atoms with Gasteiger partial charge >= 0.3 is 12.0 Å². The van der Waals surface area contributed by atoms with Crippen LogP contribution in [0.4, 0.5) is 4.79 Å². The Morgan fingerprint density at radius 2 is 1.65 bits per heavy atom. The standard InChI is InChI=1S/C33H44ClN7O8/c34-19-27(42)38-23(12-13-29(44)45)18-28(43)41-15-4-3-9-26(41)32(48)40-25(17-20-10-11-21-6-1-2-7-22(21)16-20)31(47)39-24(30(35)46)8-5-14-37-33(36)49/h1-2,6-7,10-11,16,23-26H,3-5,8-9,12-15,17-19H2,(H2,35,46)(H,38,42)(H,39,47)(H,40,48)(H,44,45)(H3,36,37,49)/t23-,24-,25?,26-/m0/s1. The molecule has 0 aliphatic carbocycles. The lowest BCUT2D eigenvalue weighted by Crippen LogP contribution is -2.58. The van der Waals surface area contributed by atoms with Crippen molar-refractivity contribution in [2.75, 3.05) is 19.0 Å². The van der Waals surface area contributed by atoms with E-state index in [0.717, 1.165) is 16.3 Å². The van der Waals surface area contributed by atoms with Crippen molar-refractivity contribution in [3.8, 4) is 0 Å². The number of amides is 7. The number of hydrogen-bond acceptors (Lipinski definition) is 7. The Morgan fingerprint density at radius 3 is 2.33 bits per heavy atom. The average molecular weight is 702 g/mol. The van der Waals surface area contributed by atoms with Crippen molar-refractivity contribution >= 4 is 63.9 Å². The molecule has 1 saturated heterocycles. The van der Waals surface area contributed by atoms with Crippen LogP contribution in [0.15, 0.2) is 42.5 Å². The monoisotopic (exact) mass is 701 g/mol. The number of primary amides is 2. The van der Waals surface area contributed by atoms with Gasteiger partial charge in [-0.1, -0.05) is 42.5 Å². The summed E-state index contributed by atoms with van der Waals surface area (Å²) in [7, 11) is 0. The van der Waals surface area contributed by atoms with Crippen LogP contribution in [0.1, 0.15) is 56.9 Å². The number of rotatable bonds is 18. The van der Waals surface area contributed by atoms with E-state index in [4.69, 9.17) is 28.2 Å². The number of aliphatic carboxylic acids is 1. The van der Waals surface area contributed by atoms with Gasteiger partial charge in [0, 0.05) is 38.4 Å². The molecule has 7 amide bonds. The maximum Gasteiger partial charge on any atom is 0.312 e. The number of fused-ring (bicyclic) bond motifs is 1. The number of benzene rings is 2. The van der Waals surface area contributed by atoms with Crippen LogP contribution in [0, 0.1) is 0 Å². The van der Waals surface area contributed by atoms with Crippen LogP contribution in [0.5, 0.6) is 0 Å². The number of carboxylic acid groups (broad SMARTS) is 1. The summed E-state index contributed by atoms with van der Waals surface area (Å²) >= 11 is 5.61. The SMILES string of the molecule is NC(=O)NCCC[C@H](NC(=O)C(Cc1ccc2ccccc2c1)NC(=O)[C@@H]1CCCCN1C(=O)C[C@H](CCC(=O)O)NC(=O)CCl)C(N)=O. The van der Waals surface area contributed by atoms with Crippen LogP contribution in [0.3, 0.4) is 0 Å². The maximum absolute atomic E-state index is 13.9. The summed E-state index contributed by atoms with van der Waals surface area (Å²) in [5, 5.41) is 21.4. The van der Waals surface area contributed by atoms with Crippen molar-refractivity contribution < 1.29 is 38.7 Å². The summed E-state index contributed by atoms with van der Waals surface area (Å²) < 4.78 is 0. The average Bonchev–Trinajstić information content (AvgIpc) is 3.07. The van der Waals surface area contributed by atoms with Gasteiger partial charge in [0.25, 0.3) is 0 Å². The van der Waals surface area contributed by atoms with Crippen molar-refractivity contribution in [1.29, 1.82) is 0 Å². The highest BCUT2D eigenvalue weighted by atomic mass is 35.5. The van der Waals surface area contributed by atoms with E-state index >= 15 is 0 Å². The Bertz CT molecular complexity index is 1520. The topological polar surface area (TPSA) is 243 Å². The summed E-state index contributed by atoms with van der Waals surface area (Å²) in [6.45, 7) is 0.404. The third-order valence-electron chi connectivity index (χ3n) is 8.26. The molecule has 0 aromatic heterocycles. The van der Waals surface area contributed by atoms with Gasteiger partial charge in [-0.3, -0.25) is 28.8 Å². The molecule has 1 unspecified atom stereocenters. The molecule has 3 rings (SSSR count). The fourth-order valence-electron chi connectivity index (χ4n) is 5.77. The number of carboxylic acids is 1. The molecule has 9 N–H and O–H groups in total. The highest BCUT2D eigenvalue weighted by Gasteiger charge is 2.36. The molecular weight excluding hydrogens is 658 g/mol. The molecule has 266 valence electrons. The van der Waals surface area contributed by atoms with E-state index in [1.54, 1.807) is 0 Å². The van der Waals surface area contributed by atoms with Crippen molar-refractivity contribution in [3.05, 3.63) is 48.0 Å². The third-order valence-corrected chi connectivity index (χ3v) is 8.50. The number of nitrogens with one attached hydrogen (secondary N) is 4. The van der Waals surface area contributed by atoms with Crippen LogP contribution >= 0.6 is 11.6 Å². The number of piperidine rings is 1. The molecule has 49 heavy (non-hydrogen) atoms. The fraction of sp³-hybridized carbons (Fsp3) is 0.485. The summed E-state index contributed by atoms with van der Waals surface area (Å²) in [5.41, 5.74) is 11.4. The number of nitrogens with two attached hydrogens (primary N) is 2. The van der Waals surface area contributed by atoms with E-state index in [9.17, 15) is 33.6 Å². The molecule has 1 heterocycles. The number of alkyl halides is 1. The van der Waals surface area contributed by atoms with E-state index in [-0.39, 0.29) is 57.5 Å². The number of halogens is 1. The molecule has 1 fully saturated rings.